The third kappa shape index (κ3) is 4.64. The zero-order valence-corrected chi connectivity index (χ0v) is 17.9. The van der Waals surface area contributed by atoms with E-state index in [9.17, 15) is 4.79 Å². The average molecular weight is 420 g/mol. The molecule has 28 heavy (non-hydrogen) atoms. The van der Waals surface area contributed by atoms with Crippen molar-refractivity contribution in [1.82, 2.24) is 0 Å². The summed E-state index contributed by atoms with van der Waals surface area (Å²) in [6.45, 7) is 4.13. The van der Waals surface area contributed by atoms with Gasteiger partial charge in [0.1, 0.15) is 5.75 Å². The van der Waals surface area contributed by atoms with Crippen molar-refractivity contribution in [2.45, 2.75) is 63.9 Å². The molecule has 0 radical (unpaired) electrons. The van der Waals surface area contributed by atoms with Gasteiger partial charge in [-0.2, -0.15) is 0 Å². The predicted octanol–water partition coefficient (Wildman–Crippen LogP) is 7.01. The van der Waals surface area contributed by atoms with Gasteiger partial charge in [0.25, 0.3) is 0 Å². The Bertz CT molecular complexity index is 814. The maximum absolute atomic E-state index is 13.4. The van der Waals surface area contributed by atoms with E-state index in [1.807, 2.05) is 43.3 Å². The largest absolute Gasteiger partial charge is 0.491 e. The lowest BCUT2D eigenvalue weighted by molar-refractivity contribution is -0.122. The lowest BCUT2D eigenvalue weighted by Gasteiger charge is -2.37. The summed E-state index contributed by atoms with van der Waals surface area (Å²) in [6, 6.07) is 13.0. The van der Waals surface area contributed by atoms with E-state index < -0.39 is 5.41 Å². The Morgan fingerprint density at radius 1 is 1.11 bits per heavy atom. The van der Waals surface area contributed by atoms with Gasteiger partial charge in [0, 0.05) is 15.7 Å². The van der Waals surface area contributed by atoms with Crippen molar-refractivity contribution in [3.63, 3.8) is 0 Å². The molecule has 150 valence electrons. The molecule has 5 heteroatoms. The van der Waals surface area contributed by atoms with Crippen LogP contribution in [0.3, 0.4) is 0 Å². The molecule has 1 unspecified atom stereocenters. The van der Waals surface area contributed by atoms with Gasteiger partial charge in [-0.05, 0) is 68.1 Å². The van der Waals surface area contributed by atoms with E-state index in [-0.39, 0.29) is 12.0 Å². The van der Waals surface area contributed by atoms with Crippen LogP contribution in [0.2, 0.25) is 10.0 Å². The first kappa shape index (κ1) is 21.0. The number of hydrogen-bond acceptors (Lipinski definition) is 2. The van der Waals surface area contributed by atoms with Gasteiger partial charge in [0.15, 0.2) is 0 Å². The maximum atomic E-state index is 13.4. The molecule has 1 fully saturated rings. The van der Waals surface area contributed by atoms with E-state index in [0.29, 0.717) is 10.0 Å². The SMILES string of the molecule is CCC(C)Oc1ccc(NC(=O)C2(c3ccc(Cl)cc3Cl)CCCCC2)cc1. The fourth-order valence-electron chi connectivity index (χ4n) is 3.83. The van der Waals surface area contributed by atoms with Gasteiger partial charge >= 0.3 is 0 Å². The van der Waals surface area contributed by atoms with Crippen molar-refractivity contribution in [3.05, 3.63) is 58.1 Å². The number of nitrogens with one attached hydrogen (secondary N) is 1. The Balaban J connectivity index is 1.82. The van der Waals surface area contributed by atoms with Crippen LogP contribution in [0.15, 0.2) is 42.5 Å². The van der Waals surface area contributed by atoms with Gasteiger partial charge < -0.3 is 10.1 Å². The smallest absolute Gasteiger partial charge is 0.235 e. The van der Waals surface area contributed by atoms with E-state index in [1.54, 1.807) is 6.07 Å². The Kier molecular flexibility index (Phi) is 6.90. The Labute approximate surface area is 177 Å². The van der Waals surface area contributed by atoms with Crippen molar-refractivity contribution in [2.24, 2.45) is 0 Å². The second-order valence-electron chi connectivity index (χ2n) is 7.58. The topological polar surface area (TPSA) is 38.3 Å². The molecule has 1 aliphatic carbocycles. The predicted molar refractivity (Wildman–Crippen MR) is 117 cm³/mol. The number of hydrogen-bond donors (Lipinski definition) is 1. The van der Waals surface area contributed by atoms with E-state index in [0.717, 1.165) is 55.5 Å². The van der Waals surface area contributed by atoms with Crippen LogP contribution in [-0.2, 0) is 10.2 Å². The van der Waals surface area contributed by atoms with E-state index >= 15 is 0 Å². The zero-order valence-electron chi connectivity index (χ0n) is 16.4. The third-order valence-corrected chi connectivity index (χ3v) is 6.16. The number of benzene rings is 2. The van der Waals surface area contributed by atoms with Crippen molar-refractivity contribution in [1.29, 1.82) is 0 Å². The minimum Gasteiger partial charge on any atom is -0.491 e. The first-order chi connectivity index (χ1) is 13.4. The Morgan fingerprint density at radius 3 is 2.39 bits per heavy atom. The van der Waals surface area contributed by atoms with Crippen LogP contribution >= 0.6 is 23.2 Å². The van der Waals surface area contributed by atoms with E-state index in [1.165, 1.54) is 0 Å². The van der Waals surface area contributed by atoms with Crippen LogP contribution in [0.25, 0.3) is 0 Å². The molecule has 3 nitrogen and oxygen atoms in total. The van der Waals surface area contributed by atoms with Gasteiger partial charge in [-0.3, -0.25) is 4.79 Å². The summed E-state index contributed by atoms with van der Waals surface area (Å²) >= 11 is 12.6. The van der Waals surface area contributed by atoms with Crippen LogP contribution in [0, 0.1) is 0 Å². The van der Waals surface area contributed by atoms with Crippen LogP contribution in [-0.4, -0.2) is 12.0 Å². The second-order valence-corrected chi connectivity index (χ2v) is 8.43. The third-order valence-electron chi connectivity index (χ3n) is 5.61. The number of amides is 1. The van der Waals surface area contributed by atoms with E-state index in [4.69, 9.17) is 27.9 Å². The fraction of sp³-hybridized carbons (Fsp3) is 0.435. The van der Waals surface area contributed by atoms with Gasteiger partial charge in [0.2, 0.25) is 5.91 Å². The summed E-state index contributed by atoms with van der Waals surface area (Å²) in [5, 5.41) is 4.24. The summed E-state index contributed by atoms with van der Waals surface area (Å²) in [4.78, 5) is 13.4. The molecule has 3 rings (SSSR count). The number of anilines is 1. The highest BCUT2D eigenvalue weighted by Crippen LogP contribution is 2.44. The summed E-state index contributed by atoms with van der Waals surface area (Å²) < 4.78 is 5.81. The number of rotatable bonds is 6. The monoisotopic (exact) mass is 419 g/mol. The standard InChI is InChI=1S/C23H27Cl2NO2/c1-3-16(2)28-19-10-8-18(9-11-19)26-22(27)23(13-5-4-6-14-23)20-12-7-17(24)15-21(20)25/h7-12,15-16H,3-6,13-14H2,1-2H3,(H,26,27). The number of halogens is 2. The van der Waals surface area contributed by atoms with Crippen LogP contribution in [0.1, 0.15) is 57.9 Å². The minimum atomic E-state index is -0.619. The van der Waals surface area contributed by atoms with Crippen molar-refractivity contribution in [2.75, 3.05) is 5.32 Å². The molecule has 1 N–H and O–H groups in total. The van der Waals surface area contributed by atoms with Crippen LogP contribution < -0.4 is 10.1 Å². The van der Waals surface area contributed by atoms with Gasteiger partial charge in [-0.25, -0.2) is 0 Å². The first-order valence-corrected chi connectivity index (χ1v) is 10.7. The molecule has 0 aromatic heterocycles. The van der Waals surface area contributed by atoms with Crippen molar-refractivity contribution >= 4 is 34.8 Å². The van der Waals surface area contributed by atoms with Gasteiger partial charge in [-0.15, -0.1) is 0 Å². The highest BCUT2D eigenvalue weighted by molar-refractivity contribution is 6.35. The number of ether oxygens (including phenoxy) is 1. The highest BCUT2D eigenvalue weighted by Gasteiger charge is 2.42. The number of carbonyl (C=O) groups is 1. The molecule has 2 aromatic rings. The first-order valence-electron chi connectivity index (χ1n) is 9.98. The van der Waals surface area contributed by atoms with Crippen LogP contribution in [0.4, 0.5) is 5.69 Å². The molecule has 0 spiro atoms. The molecule has 0 saturated heterocycles. The molecule has 2 aromatic carbocycles. The lowest BCUT2D eigenvalue weighted by atomic mass is 9.68. The zero-order chi connectivity index (χ0) is 20.1. The minimum absolute atomic E-state index is 0.00739. The van der Waals surface area contributed by atoms with Crippen molar-refractivity contribution < 1.29 is 9.53 Å². The quantitative estimate of drug-likeness (QED) is 0.546. The average Bonchev–Trinajstić information content (AvgIpc) is 2.69. The van der Waals surface area contributed by atoms with Gasteiger partial charge in [-0.1, -0.05) is 55.5 Å². The molecule has 1 amide bonds. The molecule has 1 aliphatic rings. The normalized spacial score (nSPS) is 17.0. The van der Waals surface area contributed by atoms with Crippen molar-refractivity contribution in [3.8, 4) is 5.75 Å². The second kappa shape index (κ2) is 9.19. The lowest BCUT2D eigenvalue weighted by Crippen LogP contribution is -2.42. The molecule has 0 aliphatic heterocycles. The molecule has 0 bridgehead atoms. The summed E-state index contributed by atoms with van der Waals surface area (Å²) in [5.74, 6) is 0.799. The summed E-state index contributed by atoms with van der Waals surface area (Å²) in [5.41, 5.74) is 1.01. The maximum Gasteiger partial charge on any atom is 0.235 e. The van der Waals surface area contributed by atoms with E-state index in [2.05, 4.69) is 12.2 Å². The summed E-state index contributed by atoms with van der Waals surface area (Å²) in [7, 11) is 0. The molecular formula is C23H27Cl2NO2. The Hall–Kier alpha value is -1.71. The van der Waals surface area contributed by atoms with Crippen LogP contribution in [0.5, 0.6) is 5.75 Å². The Morgan fingerprint density at radius 2 is 1.79 bits per heavy atom. The fourth-order valence-corrected chi connectivity index (χ4v) is 4.42. The highest BCUT2D eigenvalue weighted by atomic mass is 35.5. The number of carbonyl (C=O) groups excluding carboxylic acids is 1. The molecule has 1 saturated carbocycles. The summed E-state index contributed by atoms with van der Waals surface area (Å²) in [6.07, 6.45) is 5.84. The molecular weight excluding hydrogens is 393 g/mol. The molecule has 1 atom stereocenters. The van der Waals surface area contributed by atoms with Gasteiger partial charge in [0.05, 0.1) is 11.5 Å². The molecule has 0 heterocycles.